The Balaban J connectivity index is 2.34. The van der Waals surface area contributed by atoms with Crippen LogP contribution in [0.25, 0.3) is 0 Å². The fraction of sp³-hybridized carbons (Fsp3) is 0.846. The molecule has 2 fully saturated rings. The molecule has 5 unspecified atom stereocenters. The van der Waals surface area contributed by atoms with Crippen LogP contribution in [-0.4, -0.2) is 34.5 Å². The first-order valence-electron chi connectivity index (χ1n) is 6.34. The zero-order valence-corrected chi connectivity index (χ0v) is 10.4. The summed E-state index contributed by atoms with van der Waals surface area (Å²) in [6, 6.07) is 0.0165. The van der Waals surface area contributed by atoms with Gasteiger partial charge in [0.1, 0.15) is 0 Å². The summed E-state index contributed by atoms with van der Waals surface area (Å²) < 4.78 is -0.180. The van der Waals surface area contributed by atoms with Crippen LogP contribution >= 0.6 is 0 Å². The highest BCUT2D eigenvalue weighted by atomic mass is 16.5. The monoisotopic (exact) mass is 225 g/mol. The summed E-state index contributed by atoms with van der Waals surface area (Å²) in [5, 5.41) is 23.2. The number of piperidine rings is 1. The molecule has 3 heteroatoms. The molecule has 2 rings (SSSR count). The van der Waals surface area contributed by atoms with Gasteiger partial charge in [0.05, 0.1) is 24.7 Å². The van der Waals surface area contributed by atoms with Gasteiger partial charge in [-0.15, -0.1) is 6.58 Å². The van der Waals surface area contributed by atoms with Crippen LogP contribution in [0.4, 0.5) is 0 Å². The zero-order chi connectivity index (χ0) is 12.0. The first-order chi connectivity index (χ1) is 7.42. The molecule has 92 valence electrons. The van der Waals surface area contributed by atoms with Crippen molar-refractivity contribution in [2.24, 2.45) is 5.92 Å². The average molecular weight is 225 g/mol. The van der Waals surface area contributed by atoms with Crippen LogP contribution in [0.15, 0.2) is 12.7 Å². The fourth-order valence-corrected chi connectivity index (χ4v) is 3.68. The highest BCUT2D eigenvalue weighted by Crippen LogP contribution is 2.46. The molecule has 0 spiro atoms. The number of fused-ring (bicyclic) bond motifs is 1. The quantitative estimate of drug-likeness (QED) is 0.422. The summed E-state index contributed by atoms with van der Waals surface area (Å²) in [5.41, 5.74) is -0.813. The first-order valence-corrected chi connectivity index (χ1v) is 6.34. The molecule has 1 aliphatic carbocycles. The van der Waals surface area contributed by atoms with Gasteiger partial charge in [0.15, 0.2) is 0 Å². The lowest BCUT2D eigenvalue weighted by molar-refractivity contribution is -0.923. The summed E-state index contributed by atoms with van der Waals surface area (Å²) in [5.74, 6) is 0.109. The van der Waals surface area contributed by atoms with Gasteiger partial charge in [0.2, 0.25) is 0 Å². The van der Waals surface area contributed by atoms with E-state index in [2.05, 4.69) is 6.58 Å². The van der Waals surface area contributed by atoms with Gasteiger partial charge in [-0.05, 0) is 19.8 Å². The number of rotatable bonds is 1. The number of hydrogen-bond donors (Lipinski definition) is 1. The number of hydroxylamine groups is 3. The van der Waals surface area contributed by atoms with Gasteiger partial charge in [0, 0.05) is 18.8 Å². The molecule has 2 aliphatic rings. The third-order valence-corrected chi connectivity index (χ3v) is 4.88. The Hall–Kier alpha value is -0.380. The second-order valence-electron chi connectivity index (χ2n) is 5.77. The predicted molar refractivity (Wildman–Crippen MR) is 64.5 cm³/mol. The van der Waals surface area contributed by atoms with Crippen molar-refractivity contribution in [3.05, 3.63) is 17.9 Å². The van der Waals surface area contributed by atoms with E-state index in [9.17, 15) is 10.3 Å². The van der Waals surface area contributed by atoms with Crippen LogP contribution in [0, 0.1) is 11.1 Å². The number of likely N-dealkylation sites (tertiary alicyclic amines) is 1. The Kier molecular flexibility index (Phi) is 2.89. The van der Waals surface area contributed by atoms with Crippen LogP contribution < -0.4 is 0 Å². The van der Waals surface area contributed by atoms with Gasteiger partial charge in [-0.2, -0.15) is 0 Å². The number of aliphatic hydroxyl groups is 1. The molecule has 0 aromatic carbocycles. The Morgan fingerprint density at radius 2 is 2.06 bits per heavy atom. The Morgan fingerprint density at radius 1 is 1.44 bits per heavy atom. The molecule has 5 atom stereocenters. The van der Waals surface area contributed by atoms with Crippen molar-refractivity contribution in [2.75, 3.05) is 7.05 Å². The molecule has 1 aliphatic heterocycles. The lowest BCUT2D eigenvalue weighted by Crippen LogP contribution is -2.67. The van der Waals surface area contributed by atoms with Gasteiger partial charge in [-0.1, -0.05) is 12.5 Å². The molecule has 1 N–H and O–H groups in total. The maximum Gasteiger partial charge on any atom is 0.0966 e. The topological polar surface area (TPSA) is 43.3 Å². The number of nitrogens with zero attached hydrogens (tertiary/aromatic N) is 1. The van der Waals surface area contributed by atoms with Gasteiger partial charge in [-0.3, -0.25) is 0 Å². The van der Waals surface area contributed by atoms with Gasteiger partial charge in [0.25, 0.3) is 0 Å². The normalized spacial score (nSPS) is 53.1. The summed E-state index contributed by atoms with van der Waals surface area (Å²) in [4.78, 5) is 0. The van der Waals surface area contributed by atoms with E-state index in [4.69, 9.17) is 0 Å². The summed E-state index contributed by atoms with van der Waals surface area (Å²) >= 11 is 0. The van der Waals surface area contributed by atoms with Crippen molar-refractivity contribution >= 4 is 0 Å². The van der Waals surface area contributed by atoms with E-state index in [0.29, 0.717) is 6.42 Å². The lowest BCUT2D eigenvalue weighted by Gasteiger charge is -2.61. The van der Waals surface area contributed by atoms with Gasteiger partial charge in [-0.25, -0.2) is 0 Å². The minimum atomic E-state index is -0.813. The molecule has 0 radical (unpaired) electrons. The van der Waals surface area contributed by atoms with Crippen molar-refractivity contribution in [3.63, 3.8) is 0 Å². The van der Waals surface area contributed by atoms with E-state index in [-0.39, 0.29) is 22.6 Å². The molecule has 0 bridgehead atoms. The highest BCUT2D eigenvalue weighted by Gasteiger charge is 2.53. The van der Waals surface area contributed by atoms with Crippen molar-refractivity contribution in [1.82, 2.24) is 0 Å². The minimum absolute atomic E-state index is 0.0395. The van der Waals surface area contributed by atoms with E-state index >= 15 is 0 Å². The van der Waals surface area contributed by atoms with Crippen LogP contribution in [0.5, 0.6) is 0 Å². The Morgan fingerprint density at radius 3 is 2.69 bits per heavy atom. The summed E-state index contributed by atoms with van der Waals surface area (Å²) in [6.07, 6.45) is 6.40. The van der Waals surface area contributed by atoms with Crippen LogP contribution in [0.1, 0.15) is 39.0 Å². The molecule has 0 amide bonds. The van der Waals surface area contributed by atoms with Crippen LogP contribution in [-0.2, 0) is 0 Å². The van der Waals surface area contributed by atoms with Crippen molar-refractivity contribution in [2.45, 2.75) is 56.7 Å². The Labute approximate surface area is 97.9 Å². The van der Waals surface area contributed by atoms with Crippen LogP contribution in [0.2, 0.25) is 0 Å². The molecule has 1 saturated carbocycles. The standard InChI is InChI=1S/C13H23NO2/c1-4-13(15)9-10(2)14(3,16)12-8-6-5-7-11(12)13/h4,10-12,15H,1,5-9H2,2-3H3. The highest BCUT2D eigenvalue weighted by molar-refractivity contribution is 5.07. The van der Waals surface area contributed by atoms with Crippen molar-refractivity contribution in [1.29, 1.82) is 0 Å². The molecule has 16 heavy (non-hydrogen) atoms. The molecule has 3 nitrogen and oxygen atoms in total. The molecule has 0 aromatic rings. The lowest BCUT2D eigenvalue weighted by atomic mass is 9.67. The largest absolute Gasteiger partial charge is 0.633 e. The fourth-order valence-electron chi connectivity index (χ4n) is 3.68. The second kappa shape index (κ2) is 3.83. The van der Waals surface area contributed by atoms with E-state index in [1.165, 1.54) is 0 Å². The van der Waals surface area contributed by atoms with Crippen molar-refractivity contribution in [3.8, 4) is 0 Å². The zero-order valence-electron chi connectivity index (χ0n) is 10.4. The van der Waals surface area contributed by atoms with Gasteiger partial charge < -0.3 is 15.0 Å². The van der Waals surface area contributed by atoms with E-state index in [1.54, 1.807) is 13.1 Å². The second-order valence-corrected chi connectivity index (χ2v) is 5.77. The molecule has 1 heterocycles. The third-order valence-electron chi connectivity index (χ3n) is 4.88. The summed E-state index contributed by atoms with van der Waals surface area (Å²) in [6.45, 7) is 5.72. The van der Waals surface area contributed by atoms with E-state index < -0.39 is 5.60 Å². The number of quaternary nitrogens is 1. The van der Waals surface area contributed by atoms with E-state index in [0.717, 1.165) is 25.7 Å². The molecule has 1 saturated heterocycles. The maximum absolute atomic E-state index is 12.6. The van der Waals surface area contributed by atoms with E-state index in [1.807, 2.05) is 6.92 Å². The Bertz CT molecular complexity index is 290. The minimum Gasteiger partial charge on any atom is -0.633 e. The first kappa shape index (κ1) is 12.1. The number of hydrogen-bond acceptors (Lipinski definition) is 2. The molecule has 0 aromatic heterocycles. The van der Waals surface area contributed by atoms with Crippen LogP contribution in [0.3, 0.4) is 0 Å². The molecular weight excluding hydrogens is 202 g/mol. The SMILES string of the molecule is C=CC1(O)CC(C)[N+](C)([O-])C2CCCCC21. The average Bonchev–Trinajstić information content (AvgIpc) is 2.27. The van der Waals surface area contributed by atoms with Gasteiger partial charge >= 0.3 is 0 Å². The van der Waals surface area contributed by atoms with Crippen molar-refractivity contribution < 1.29 is 9.75 Å². The summed E-state index contributed by atoms with van der Waals surface area (Å²) in [7, 11) is 1.77. The smallest absolute Gasteiger partial charge is 0.0966 e. The predicted octanol–water partition coefficient (Wildman–Crippen LogP) is 2.20. The molecular formula is C13H23NO2. The third kappa shape index (κ3) is 1.62. The maximum atomic E-state index is 12.6.